The molecule has 0 aliphatic rings. The number of carbonyl (C=O) groups excluding carboxylic acids is 2. The number of carbonyl (C=O) groups is 3. The molecule has 47 heavy (non-hydrogen) atoms. The molecule has 0 fully saturated rings. The largest absolute Gasteiger partial charge is 0.477 e. The van der Waals surface area contributed by atoms with Gasteiger partial charge in [-0.15, -0.1) is 0 Å². The van der Waals surface area contributed by atoms with Crippen molar-refractivity contribution < 1.29 is 38.2 Å². The average molecular weight is 671 g/mol. The first-order valence-corrected chi connectivity index (χ1v) is 19.6. The zero-order chi connectivity index (χ0) is 35.0. The normalized spacial score (nSPS) is 13.0. The van der Waals surface area contributed by atoms with Gasteiger partial charge in [-0.2, -0.15) is 0 Å². The Labute approximate surface area is 289 Å². The molecule has 0 aliphatic heterocycles. The first-order chi connectivity index (χ1) is 22.6. The van der Waals surface area contributed by atoms with Crippen molar-refractivity contribution in [3.63, 3.8) is 0 Å². The van der Waals surface area contributed by atoms with Gasteiger partial charge in [-0.1, -0.05) is 155 Å². The number of quaternary nitrogens is 1. The van der Waals surface area contributed by atoms with Crippen LogP contribution in [0.4, 0.5) is 0 Å². The zero-order valence-electron chi connectivity index (χ0n) is 31.5. The lowest BCUT2D eigenvalue weighted by Crippen LogP contribution is -2.50. The Kier molecular flexibility index (Phi) is 30.5. The van der Waals surface area contributed by atoms with Crippen LogP contribution >= 0.6 is 0 Å². The van der Waals surface area contributed by atoms with Gasteiger partial charge >= 0.3 is 17.9 Å². The standard InChI is InChI=1S/C39H75NO7/c1-6-8-9-10-11-12-13-14-15-16-17-18-19-20-21-22-23-24-25-26-27-28-29-30-38(42)47-35(34-46-37(41)7-2)33-45-32-31-36(39(43)44)40(3,4)5/h35-36H,6-34H2,1-5H3/p+1. The van der Waals surface area contributed by atoms with Gasteiger partial charge in [0, 0.05) is 19.3 Å². The predicted octanol–water partition coefficient (Wildman–Crippen LogP) is 9.80. The van der Waals surface area contributed by atoms with Crippen molar-refractivity contribution in [2.75, 3.05) is 41.0 Å². The van der Waals surface area contributed by atoms with Crippen molar-refractivity contribution in [3.8, 4) is 0 Å². The number of rotatable bonds is 35. The van der Waals surface area contributed by atoms with E-state index in [0.717, 1.165) is 19.3 Å². The molecular weight excluding hydrogens is 594 g/mol. The maximum atomic E-state index is 12.4. The van der Waals surface area contributed by atoms with Gasteiger partial charge in [0.25, 0.3) is 0 Å². The molecule has 0 heterocycles. The first-order valence-electron chi connectivity index (χ1n) is 19.6. The number of aliphatic carboxylic acids is 1. The number of likely N-dealkylation sites (N-methyl/N-ethyl adjacent to an activating group) is 1. The van der Waals surface area contributed by atoms with E-state index in [1.54, 1.807) is 6.92 Å². The Morgan fingerprint density at radius 2 is 0.979 bits per heavy atom. The van der Waals surface area contributed by atoms with Gasteiger partial charge in [0.1, 0.15) is 6.61 Å². The van der Waals surface area contributed by atoms with Crippen LogP contribution < -0.4 is 0 Å². The zero-order valence-corrected chi connectivity index (χ0v) is 31.5. The van der Waals surface area contributed by atoms with Gasteiger partial charge in [0.15, 0.2) is 12.1 Å². The summed E-state index contributed by atoms with van der Waals surface area (Å²) in [6.07, 6.45) is 30.9. The molecule has 278 valence electrons. The molecule has 0 saturated carbocycles. The fourth-order valence-corrected chi connectivity index (χ4v) is 5.96. The van der Waals surface area contributed by atoms with Crippen LogP contribution in [0.2, 0.25) is 0 Å². The minimum atomic E-state index is -0.878. The van der Waals surface area contributed by atoms with E-state index in [1.807, 2.05) is 21.1 Å². The third kappa shape index (κ3) is 30.1. The number of hydrogen-bond donors (Lipinski definition) is 1. The molecule has 0 spiro atoms. The highest BCUT2D eigenvalue weighted by atomic mass is 16.6. The van der Waals surface area contributed by atoms with E-state index in [1.165, 1.54) is 128 Å². The summed E-state index contributed by atoms with van der Waals surface area (Å²) in [5.41, 5.74) is 0. The summed E-state index contributed by atoms with van der Waals surface area (Å²) in [5, 5.41) is 9.48. The smallest absolute Gasteiger partial charge is 0.362 e. The first kappa shape index (κ1) is 45.3. The summed E-state index contributed by atoms with van der Waals surface area (Å²) in [4.78, 5) is 35.6. The molecule has 0 aromatic carbocycles. The highest BCUT2D eigenvalue weighted by Crippen LogP contribution is 2.16. The molecule has 0 aliphatic carbocycles. The molecule has 0 amide bonds. The van der Waals surface area contributed by atoms with Crippen LogP contribution in [0.3, 0.4) is 0 Å². The minimum absolute atomic E-state index is 0.0600. The molecule has 8 nitrogen and oxygen atoms in total. The van der Waals surface area contributed by atoms with Crippen molar-refractivity contribution in [2.24, 2.45) is 0 Å². The van der Waals surface area contributed by atoms with E-state index in [4.69, 9.17) is 14.2 Å². The molecule has 0 aromatic heterocycles. The summed E-state index contributed by atoms with van der Waals surface area (Å²) < 4.78 is 16.7. The van der Waals surface area contributed by atoms with E-state index in [9.17, 15) is 19.5 Å². The van der Waals surface area contributed by atoms with E-state index in [-0.39, 0.29) is 42.7 Å². The summed E-state index contributed by atoms with van der Waals surface area (Å²) in [6, 6.07) is -0.604. The molecule has 8 heteroatoms. The lowest BCUT2D eigenvalue weighted by molar-refractivity contribution is -0.887. The van der Waals surface area contributed by atoms with Crippen LogP contribution in [0.15, 0.2) is 0 Å². The quantitative estimate of drug-likeness (QED) is 0.0407. The number of carboxylic acid groups (broad SMARTS) is 1. The second kappa shape index (κ2) is 31.6. The van der Waals surface area contributed by atoms with E-state index in [2.05, 4.69) is 6.92 Å². The Bertz CT molecular complexity index is 752. The molecule has 0 saturated heterocycles. The lowest BCUT2D eigenvalue weighted by atomic mass is 10.0. The fraction of sp³-hybridized carbons (Fsp3) is 0.923. The van der Waals surface area contributed by atoms with Gasteiger partial charge in [0.2, 0.25) is 0 Å². The Hall–Kier alpha value is -1.67. The van der Waals surface area contributed by atoms with E-state index in [0.29, 0.717) is 12.8 Å². The Morgan fingerprint density at radius 3 is 1.34 bits per heavy atom. The SMILES string of the molecule is CCCCCCCCCCCCCCCCCCCCCCCCCC(=O)OC(COCCC(C(=O)O)[N+](C)(C)C)COC(=O)CC. The van der Waals surface area contributed by atoms with Crippen LogP contribution in [-0.4, -0.2) is 80.6 Å². The van der Waals surface area contributed by atoms with Crippen LogP contribution in [-0.2, 0) is 28.6 Å². The summed E-state index contributed by atoms with van der Waals surface area (Å²) in [7, 11) is 5.49. The van der Waals surface area contributed by atoms with Gasteiger partial charge in [-0.25, -0.2) is 4.79 Å². The molecule has 2 atom stereocenters. The van der Waals surface area contributed by atoms with Crippen LogP contribution in [0, 0.1) is 0 Å². The number of nitrogens with zero attached hydrogens (tertiary/aromatic N) is 1. The molecule has 0 aromatic rings. The van der Waals surface area contributed by atoms with Crippen LogP contribution in [0.1, 0.15) is 181 Å². The molecular formula is C39H76NO7+. The van der Waals surface area contributed by atoms with Crippen molar-refractivity contribution >= 4 is 17.9 Å². The predicted molar refractivity (Wildman–Crippen MR) is 193 cm³/mol. The molecule has 0 bridgehead atoms. The molecule has 1 N–H and O–H groups in total. The van der Waals surface area contributed by atoms with Gasteiger partial charge < -0.3 is 23.8 Å². The third-order valence-corrected chi connectivity index (χ3v) is 9.06. The maximum absolute atomic E-state index is 12.4. The van der Waals surface area contributed by atoms with Crippen LogP contribution in [0.5, 0.6) is 0 Å². The molecule has 0 radical (unpaired) electrons. The van der Waals surface area contributed by atoms with Gasteiger partial charge in [-0.3, -0.25) is 9.59 Å². The maximum Gasteiger partial charge on any atom is 0.362 e. The molecule has 0 rings (SSSR count). The minimum Gasteiger partial charge on any atom is -0.477 e. The summed E-state index contributed by atoms with van der Waals surface area (Å²) in [5.74, 6) is -1.56. The van der Waals surface area contributed by atoms with Crippen molar-refractivity contribution in [1.82, 2.24) is 0 Å². The Balaban J connectivity index is 3.77. The number of ether oxygens (including phenoxy) is 3. The van der Waals surface area contributed by atoms with Gasteiger partial charge in [-0.05, 0) is 6.42 Å². The number of carboxylic acids is 1. The van der Waals surface area contributed by atoms with Crippen LogP contribution in [0.25, 0.3) is 0 Å². The fourth-order valence-electron chi connectivity index (χ4n) is 5.96. The summed E-state index contributed by atoms with van der Waals surface area (Å²) >= 11 is 0. The van der Waals surface area contributed by atoms with E-state index < -0.39 is 18.1 Å². The number of unbranched alkanes of at least 4 members (excludes halogenated alkanes) is 22. The number of hydrogen-bond acceptors (Lipinski definition) is 6. The van der Waals surface area contributed by atoms with Gasteiger partial charge in [0.05, 0.1) is 34.4 Å². The monoisotopic (exact) mass is 671 g/mol. The summed E-state index contributed by atoms with van der Waals surface area (Å²) in [6.45, 7) is 4.20. The average Bonchev–Trinajstić information content (AvgIpc) is 3.02. The highest BCUT2D eigenvalue weighted by Gasteiger charge is 2.31. The topological polar surface area (TPSA) is 99.1 Å². The molecule has 2 unspecified atom stereocenters. The van der Waals surface area contributed by atoms with Crippen molar-refractivity contribution in [3.05, 3.63) is 0 Å². The second-order valence-electron chi connectivity index (χ2n) is 14.5. The second-order valence-corrected chi connectivity index (χ2v) is 14.5. The highest BCUT2D eigenvalue weighted by molar-refractivity contribution is 5.72. The van der Waals surface area contributed by atoms with E-state index >= 15 is 0 Å². The lowest BCUT2D eigenvalue weighted by Gasteiger charge is -2.31. The number of esters is 2. The van der Waals surface area contributed by atoms with Crippen molar-refractivity contribution in [1.29, 1.82) is 0 Å². The third-order valence-electron chi connectivity index (χ3n) is 9.06. The van der Waals surface area contributed by atoms with Crippen molar-refractivity contribution in [2.45, 2.75) is 193 Å². The Morgan fingerprint density at radius 1 is 0.574 bits per heavy atom.